The zero-order valence-electron chi connectivity index (χ0n) is 8.74. The van der Waals surface area contributed by atoms with E-state index in [0.29, 0.717) is 12.8 Å². The highest BCUT2D eigenvalue weighted by Crippen LogP contribution is 2.10. The lowest BCUT2D eigenvalue weighted by Gasteiger charge is -2.14. The van der Waals surface area contributed by atoms with Crippen LogP contribution in [-0.2, 0) is 9.59 Å². The maximum atomic E-state index is 11.7. The van der Waals surface area contributed by atoms with E-state index in [1.54, 1.807) is 0 Å². The standard InChI is InChI=1S/C10H18N2O3/c11-7(3-1-5-9(13)14)10(15)8-4-2-6-12-8/h7-8,12H,1-6,11H2,(H,13,14)/t7?,8-/m1/s1. The molecular weight excluding hydrogens is 196 g/mol. The molecule has 86 valence electrons. The number of rotatable bonds is 6. The fourth-order valence-corrected chi connectivity index (χ4v) is 1.80. The average Bonchev–Trinajstić information content (AvgIpc) is 2.68. The average molecular weight is 214 g/mol. The van der Waals surface area contributed by atoms with Gasteiger partial charge in [0.25, 0.3) is 0 Å². The second-order valence-electron chi connectivity index (χ2n) is 3.94. The molecule has 0 aromatic rings. The van der Waals surface area contributed by atoms with Gasteiger partial charge >= 0.3 is 5.97 Å². The van der Waals surface area contributed by atoms with E-state index in [9.17, 15) is 9.59 Å². The van der Waals surface area contributed by atoms with Gasteiger partial charge in [-0.15, -0.1) is 0 Å². The third-order valence-corrected chi connectivity index (χ3v) is 2.67. The van der Waals surface area contributed by atoms with E-state index in [-0.39, 0.29) is 18.2 Å². The minimum atomic E-state index is -0.839. The lowest BCUT2D eigenvalue weighted by Crippen LogP contribution is -2.43. The summed E-state index contributed by atoms with van der Waals surface area (Å²) >= 11 is 0. The van der Waals surface area contributed by atoms with Crippen LogP contribution in [0.15, 0.2) is 0 Å². The van der Waals surface area contributed by atoms with Crippen LogP contribution in [0.4, 0.5) is 0 Å². The molecule has 0 spiro atoms. The van der Waals surface area contributed by atoms with Crippen molar-refractivity contribution in [1.29, 1.82) is 0 Å². The Hall–Kier alpha value is -0.940. The third kappa shape index (κ3) is 3.97. The maximum absolute atomic E-state index is 11.7. The van der Waals surface area contributed by atoms with Gasteiger partial charge in [-0.2, -0.15) is 0 Å². The highest BCUT2D eigenvalue weighted by Gasteiger charge is 2.26. The van der Waals surface area contributed by atoms with Gasteiger partial charge in [-0.1, -0.05) is 0 Å². The summed E-state index contributed by atoms with van der Waals surface area (Å²) in [6.45, 7) is 0.873. The largest absolute Gasteiger partial charge is 0.481 e. The summed E-state index contributed by atoms with van der Waals surface area (Å²) < 4.78 is 0. The van der Waals surface area contributed by atoms with Gasteiger partial charge in [0.1, 0.15) is 0 Å². The lowest BCUT2D eigenvalue weighted by atomic mass is 10.00. The summed E-state index contributed by atoms with van der Waals surface area (Å²) in [5, 5.41) is 11.5. The normalized spacial score (nSPS) is 22.6. The van der Waals surface area contributed by atoms with Gasteiger partial charge in [0.15, 0.2) is 5.78 Å². The number of ketones is 1. The number of nitrogens with two attached hydrogens (primary N) is 1. The summed E-state index contributed by atoms with van der Waals surface area (Å²) in [4.78, 5) is 22.0. The van der Waals surface area contributed by atoms with Crippen molar-refractivity contribution in [2.45, 2.75) is 44.2 Å². The van der Waals surface area contributed by atoms with Gasteiger partial charge < -0.3 is 16.2 Å². The smallest absolute Gasteiger partial charge is 0.303 e. The summed E-state index contributed by atoms with van der Waals surface area (Å²) in [5.74, 6) is -0.813. The van der Waals surface area contributed by atoms with E-state index in [2.05, 4.69) is 5.32 Å². The van der Waals surface area contributed by atoms with Crippen molar-refractivity contribution < 1.29 is 14.7 Å². The Labute approximate surface area is 89.0 Å². The van der Waals surface area contributed by atoms with Crippen molar-refractivity contribution in [3.63, 3.8) is 0 Å². The number of carbonyl (C=O) groups is 2. The molecule has 0 aromatic heterocycles. The van der Waals surface area contributed by atoms with Crippen LogP contribution >= 0.6 is 0 Å². The Kier molecular flexibility index (Phi) is 4.71. The molecular formula is C10H18N2O3. The summed E-state index contributed by atoms with van der Waals surface area (Å²) in [5.41, 5.74) is 5.70. The van der Waals surface area contributed by atoms with Gasteiger partial charge in [0, 0.05) is 6.42 Å². The number of carboxylic acid groups (broad SMARTS) is 1. The molecule has 0 bridgehead atoms. The van der Waals surface area contributed by atoms with Crippen molar-refractivity contribution in [1.82, 2.24) is 5.32 Å². The Morgan fingerprint density at radius 2 is 2.27 bits per heavy atom. The Morgan fingerprint density at radius 1 is 1.53 bits per heavy atom. The molecule has 5 heteroatoms. The number of Topliss-reactive ketones (excluding diaryl/α,β-unsaturated/α-hetero) is 1. The first-order valence-corrected chi connectivity index (χ1v) is 5.35. The number of carboxylic acids is 1. The zero-order valence-corrected chi connectivity index (χ0v) is 8.74. The van der Waals surface area contributed by atoms with Crippen LogP contribution in [0, 0.1) is 0 Å². The van der Waals surface area contributed by atoms with Crippen molar-refractivity contribution in [2.24, 2.45) is 5.73 Å². The van der Waals surface area contributed by atoms with E-state index < -0.39 is 12.0 Å². The molecule has 0 radical (unpaired) electrons. The number of hydrogen-bond donors (Lipinski definition) is 3. The minimum absolute atomic E-state index is 0.0258. The predicted octanol–water partition coefficient (Wildman–Crippen LogP) is -0.110. The van der Waals surface area contributed by atoms with E-state index in [1.165, 1.54) is 0 Å². The first-order chi connectivity index (χ1) is 7.11. The first-order valence-electron chi connectivity index (χ1n) is 5.35. The van der Waals surface area contributed by atoms with Crippen LogP contribution in [0.25, 0.3) is 0 Å². The molecule has 5 nitrogen and oxygen atoms in total. The number of carbonyl (C=O) groups excluding carboxylic acids is 1. The fraction of sp³-hybridized carbons (Fsp3) is 0.800. The van der Waals surface area contributed by atoms with Gasteiger partial charge in [0.05, 0.1) is 12.1 Å². The molecule has 0 saturated carbocycles. The predicted molar refractivity (Wildman–Crippen MR) is 55.5 cm³/mol. The number of nitrogens with one attached hydrogen (secondary N) is 1. The molecule has 1 fully saturated rings. The molecule has 4 N–H and O–H groups in total. The van der Waals surface area contributed by atoms with E-state index in [0.717, 1.165) is 19.4 Å². The number of aliphatic carboxylic acids is 1. The van der Waals surface area contributed by atoms with Crippen molar-refractivity contribution in [2.75, 3.05) is 6.54 Å². The molecule has 0 amide bonds. The molecule has 1 rings (SSSR count). The molecule has 0 aliphatic carbocycles. The molecule has 0 aromatic carbocycles. The second kappa shape index (κ2) is 5.82. The van der Waals surface area contributed by atoms with Gasteiger partial charge in [-0.3, -0.25) is 9.59 Å². The van der Waals surface area contributed by atoms with Gasteiger partial charge in [0.2, 0.25) is 0 Å². The van der Waals surface area contributed by atoms with Crippen LogP contribution in [0.5, 0.6) is 0 Å². The Bertz CT molecular complexity index is 237. The van der Waals surface area contributed by atoms with E-state index in [4.69, 9.17) is 10.8 Å². The van der Waals surface area contributed by atoms with Crippen LogP contribution < -0.4 is 11.1 Å². The number of hydrogen-bond acceptors (Lipinski definition) is 4. The summed E-state index contributed by atoms with van der Waals surface area (Å²) in [6.07, 6.45) is 2.88. The van der Waals surface area contributed by atoms with Crippen molar-refractivity contribution in [3.05, 3.63) is 0 Å². The van der Waals surface area contributed by atoms with Crippen molar-refractivity contribution >= 4 is 11.8 Å². The van der Waals surface area contributed by atoms with E-state index >= 15 is 0 Å². The molecule has 2 atom stereocenters. The maximum Gasteiger partial charge on any atom is 0.303 e. The molecule has 1 aliphatic heterocycles. The Morgan fingerprint density at radius 3 is 2.80 bits per heavy atom. The van der Waals surface area contributed by atoms with Gasteiger partial charge in [-0.05, 0) is 32.2 Å². The molecule has 1 heterocycles. The quantitative estimate of drug-likeness (QED) is 0.573. The van der Waals surface area contributed by atoms with Gasteiger partial charge in [-0.25, -0.2) is 0 Å². The SMILES string of the molecule is NC(CCCC(=O)O)C(=O)[C@H]1CCCN1. The first kappa shape index (κ1) is 12.1. The second-order valence-corrected chi connectivity index (χ2v) is 3.94. The highest BCUT2D eigenvalue weighted by atomic mass is 16.4. The highest BCUT2D eigenvalue weighted by molar-refractivity contribution is 5.89. The minimum Gasteiger partial charge on any atom is -0.481 e. The fourth-order valence-electron chi connectivity index (χ4n) is 1.80. The molecule has 1 saturated heterocycles. The topological polar surface area (TPSA) is 92.4 Å². The summed E-state index contributed by atoms with van der Waals surface area (Å²) in [6, 6.07) is -0.621. The van der Waals surface area contributed by atoms with E-state index in [1.807, 2.05) is 0 Å². The molecule has 1 aliphatic rings. The Balaban J connectivity index is 2.23. The lowest BCUT2D eigenvalue weighted by molar-refractivity contribution is -0.137. The van der Waals surface area contributed by atoms with Crippen LogP contribution in [0.3, 0.4) is 0 Å². The zero-order chi connectivity index (χ0) is 11.3. The van der Waals surface area contributed by atoms with Crippen LogP contribution in [0.2, 0.25) is 0 Å². The summed E-state index contributed by atoms with van der Waals surface area (Å²) in [7, 11) is 0. The van der Waals surface area contributed by atoms with Crippen molar-refractivity contribution in [3.8, 4) is 0 Å². The van der Waals surface area contributed by atoms with Crippen LogP contribution in [-0.4, -0.2) is 35.5 Å². The molecule has 1 unspecified atom stereocenters. The molecule has 15 heavy (non-hydrogen) atoms. The monoisotopic (exact) mass is 214 g/mol. The third-order valence-electron chi connectivity index (χ3n) is 2.67. The van der Waals surface area contributed by atoms with Crippen LogP contribution in [0.1, 0.15) is 32.1 Å².